The molecule has 0 spiro atoms. The molecule has 0 unspecified atom stereocenters. The molecule has 2 N–H and O–H groups in total. The number of nitrogens with zero attached hydrogens (tertiary/aromatic N) is 1. The van der Waals surface area contributed by atoms with Crippen molar-refractivity contribution in [2.24, 2.45) is 11.8 Å². The van der Waals surface area contributed by atoms with Gasteiger partial charge in [0.05, 0.1) is 6.42 Å². The molecule has 1 aliphatic carbocycles. The van der Waals surface area contributed by atoms with Gasteiger partial charge in [-0.25, -0.2) is 8.78 Å². The number of halogens is 3. The molecule has 0 bridgehead atoms. The van der Waals surface area contributed by atoms with Gasteiger partial charge in [-0.15, -0.1) is 0 Å². The highest BCUT2D eigenvalue weighted by molar-refractivity contribution is 5.93. The Morgan fingerprint density at radius 3 is 2.41 bits per heavy atom. The van der Waals surface area contributed by atoms with Gasteiger partial charge in [-0.05, 0) is 31.4 Å². The van der Waals surface area contributed by atoms with E-state index in [9.17, 15) is 32.3 Å². The average Bonchev–Trinajstić information content (AvgIpc) is 3.28. The summed E-state index contributed by atoms with van der Waals surface area (Å²) < 4.78 is 46.2. The molecule has 0 aromatic heterocycles. The van der Waals surface area contributed by atoms with Gasteiger partial charge in [-0.1, -0.05) is 12.8 Å². The summed E-state index contributed by atoms with van der Waals surface area (Å²) in [7, 11) is 0. The summed E-state index contributed by atoms with van der Waals surface area (Å²) in [4.78, 5) is 50.0. The molecule has 1 saturated heterocycles. The van der Waals surface area contributed by atoms with E-state index >= 15 is 0 Å². The number of ether oxygens (including phenoxy) is 1. The number of Topliss-reactive ketones (excluding diaryl/α,β-unsaturated/α-hetero) is 1. The molecule has 1 aliphatic heterocycles. The van der Waals surface area contributed by atoms with Gasteiger partial charge < -0.3 is 20.1 Å². The van der Waals surface area contributed by atoms with E-state index in [4.69, 9.17) is 9.84 Å². The van der Waals surface area contributed by atoms with Crippen molar-refractivity contribution >= 4 is 23.6 Å². The second-order valence-electron chi connectivity index (χ2n) is 8.90. The standard InChI is InChI=1S/C23H27F3N2O6/c1-12-6-15(24)21(26)22(20(12)25)34-11-17(29)16(8-19(31)32)27-18(30)7-13-9-28(10-13)23(33)14-4-2-3-5-14/h6,13-14,16H,2-5,7-11H2,1H3,(H,27,30)(H,31,32)/t16-/m0/s1. The first-order valence-corrected chi connectivity index (χ1v) is 11.2. The van der Waals surface area contributed by atoms with E-state index in [1.54, 1.807) is 4.90 Å². The lowest BCUT2D eigenvalue weighted by Gasteiger charge is -2.40. The maximum absolute atomic E-state index is 14.1. The minimum absolute atomic E-state index is 0.00888. The van der Waals surface area contributed by atoms with Gasteiger partial charge in [0.15, 0.2) is 23.2 Å². The van der Waals surface area contributed by atoms with Crippen LogP contribution >= 0.6 is 0 Å². The van der Waals surface area contributed by atoms with Gasteiger partial charge in [0.25, 0.3) is 0 Å². The lowest BCUT2D eigenvalue weighted by molar-refractivity contribution is -0.144. The summed E-state index contributed by atoms with van der Waals surface area (Å²) in [5.41, 5.74) is -0.238. The number of nitrogens with one attached hydrogen (secondary N) is 1. The van der Waals surface area contributed by atoms with E-state index in [-0.39, 0.29) is 29.7 Å². The molecule has 1 aromatic rings. The minimum Gasteiger partial charge on any atom is -0.481 e. The smallest absolute Gasteiger partial charge is 0.305 e. The van der Waals surface area contributed by atoms with Crippen LogP contribution in [-0.2, 0) is 19.2 Å². The van der Waals surface area contributed by atoms with Gasteiger partial charge in [0.2, 0.25) is 17.6 Å². The monoisotopic (exact) mass is 484 g/mol. The molecule has 0 radical (unpaired) electrons. The second kappa shape index (κ2) is 10.9. The Morgan fingerprint density at radius 1 is 1.15 bits per heavy atom. The third kappa shape index (κ3) is 6.06. The second-order valence-corrected chi connectivity index (χ2v) is 8.90. The summed E-state index contributed by atoms with van der Waals surface area (Å²) >= 11 is 0. The zero-order valence-corrected chi connectivity index (χ0v) is 18.7. The topological polar surface area (TPSA) is 113 Å². The first-order valence-electron chi connectivity index (χ1n) is 11.2. The number of carboxylic acids is 1. The zero-order valence-electron chi connectivity index (χ0n) is 18.7. The maximum atomic E-state index is 14.1. The van der Waals surface area contributed by atoms with E-state index in [2.05, 4.69) is 5.32 Å². The molecule has 2 amide bonds. The van der Waals surface area contributed by atoms with Crippen molar-refractivity contribution in [3.8, 4) is 5.75 Å². The van der Waals surface area contributed by atoms with E-state index in [1.807, 2.05) is 0 Å². The molecular formula is C23H27F3N2O6. The van der Waals surface area contributed by atoms with Gasteiger partial charge in [0.1, 0.15) is 12.6 Å². The number of aliphatic carboxylic acids is 1. The predicted octanol–water partition coefficient (Wildman–Crippen LogP) is 2.36. The Hall–Kier alpha value is -3.11. The van der Waals surface area contributed by atoms with Gasteiger partial charge in [0, 0.05) is 31.3 Å². The largest absolute Gasteiger partial charge is 0.481 e. The number of hydrogen-bond donors (Lipinski definition) is 2. The number of ketones is 1. The highest BCUT2D eigenvalue weighted by Gasteiger charge is 2.37. The fraction of sp³-hybridized carbons (Fsp3) is 0.565. The molecule has 8 nitrogen and oxygen atoms in total. The Morgan fingerprint density at radius 2 is 1.79 bits per heavy atom. The molecular weight excluding hydrogens is 457 g/mol. The van der Waals surface area contributed by atoms with Crippen LogP contribution in [0.5, 0.6) is 5.75 Å². The third-order valence-corrected chi connectivity index (χ3v) is 6.21. The van der Waals surface area contributed by atoms with E-state index < -0.39 is 59.9 Å². The van der Waals surface area contributed by atoms with Crippen LogP contribution in [-0.4, -0.2) is 59.3 Å². The summed E-state index contributed by atoms with van der Waals surface area (Å²) in [6.45, 7) is 1.05. The van der Waals surface area contributed by atoms with Crippen LogP contribution in [0.15, 0.2) is 6.07 Å². The number of benzene rings is 1. The van der Waals surface area contributed by atoms with Gasteiger partial charge in [-0.3, -0.25) is 19.2 Å². The number of amides is 2. The highest BCUT2D eigenvalue weighted by atomic mass is 19.2. The Kier molecular flexibility index (Phi) is 8.16. The number of carbonyl (C=O) groups is 4. The molecule has 34 heavy (non-hydrogen) atoms. The summed E-state index contributed by atoms with van der Waals surface area (Å²) in [5.74, 6) is -8.13. The summed E-state index contributed by atoms with van der Waals surface area (Å²) in [6, 6.07) is -0.863. The SMILES string of the molecule is Cc1cc(F)c(F)c(OCC(=O)[C@H](CC(=O)O)NC(=O)CC2CN(C(=O)C3CCCC3)C2)c1F. The summed E-state index contributed by atoms with van der Waals surface area (Å²) in [6.07, 6.45) is 3.06. The Labute approximate surface area is 194 Å². The van der Waals surface area contributed by atoms with Crippen molar-refractivity contribution in [2.45, 2.75) is 51.5 Å². The predicted molar refractivity (Wildman–Crippen MR) is 112 cm³/mol. The van der Waals surface area contributed by atoms with Crippen molar-refractivity contribution < 1.29 is 42.2 Å². The minimum atomic E-state index is -1.61. The molecule has 11 heteroatoms. The number of hydrogen-bond acceptors (Lipinski definition) is 5. The van der Waals surface area contributed by atoms with Crippen molar-refractivity contribution in [3.05, 3.63) is 29.1 Å². The van der Waals surface area contributed by atoms with E-state index in [1.165, 1.54) is 6.92 Å². The molecule has 2 fully saturated rings. The highest BCUT2D eigenvalue weighted by Crippen LogP contribution is 2.30. The van der Waals surface area contributed by atoms with Crippen molar-refractivity contribution in [3.63, 3.8) is 0 Å². The van der Waals surface area contributed by atoms with E-state index in [0.717, 1.165) is 25.7 Å². The number of likely N-dealkylation sites (tertiary alicyclic amines) is 1. The Balaban J connectivity index is 1.52. The normalized spacial score (nSPS) is 17.2. The molecule has 3 rings (SSSR count). The molecule has 2 aliphatic rings. The third-order valence-electron chi connectivity index (χ3n) is 6.21. The first-order chi connectivity index (χ1) is 16.1. The number of aryl methyl sites for hydroxylation is 1. The number of carbonyl (C=O) groups excluding carboxylic acids is 3. The van der Waals surface area contributed by atoms with Crippen LogP contribution in [0.4, 0.5) is 13.2 Å². The maximum Gasteiger partial charge on any atom is 0.305 e. The fourth-order valence-electron chi connectivity index (χ4n) is 4.32. The Bertz CT molecular complexity index is 948. The van der Waals surface area contributed by atoms with Crippen molar-refractivity contribution in [1.82, 2.24) is 10.2 Å². The van der Waals surface area contributed by atoms with Crippen LogP contribution < -0.4 is 10.1 Å². The molecule has 1 saturated carbocycles. The fourth-order valence-corrected chi connectivity index (χ4v) is 4.32. The summed E-state index contributed by atoms with van der Waals surface area (Å²) in [5, 5.41) is 11.4. The van der Waals surface area contributed by atoms with Crippen LogP contribution in [0, 0.1) is 36.2 Å². The molecule has 186 valence electrons. The van der Waals surface area contributed by atoms with Crippen LogP contribution in [0.25, 0.3) is 0 Å². The van der Waals surface area contributed by atoms with Gasteiger partial charge >= 0.3 is 5.97 Å². The van der Waals surface area contributed by atoms with Gasteiger partial charge in [-0.2, -0.15) is 4.39 Å². The first kappa shape index (κ1) is 25.5. The molecule has 1 atom stereocenters. The van der Waals surface area contributed by atoms with Crippen LogP contribution in [0.1, 0.15) is 44.1 Å². The lowest BCUT2D eigenvalue weighted by atomic mass is 9.93. The lowest BCUT2D eigenvalue weighted by Crippen LogP contribution is -2.53. The van der Waals surface area contributed by atoms with Crippen LogP contribution in [0.3, 0.4) is 0 Å². The zero-order chi connectivity index (χ0) is 25.0. The van der Waals surface area contributed by atoms with Crippen molar-refractivity contribution in [1.29, 1.82) is 0 Å². The molecule has 1 aromatic carbocycles. The quantitative estimate of drug-likeness (QED) is 0.493. The molecule has 1 heterocycles. The number of carboxylic acid groups (broad SMARTS) is 1. The van der Waals surface area contributed by atoms with Crippen molar-refractivity contribution in [2.75, 3.05) is 19.7 Å². The average molecular weight is 484 g/mol. The van der Waals surface area contributed by atoms with Crippen LogP contribution in [0.2, 0.25) is 0 Å². The number of rotatable bonds is 10. The van der Waals surface area contributed by atoms with E-state index in [0.29, 0.717) is 19.2 Å².